The molecular formula is C16H22FNO4S. The summed E-state index contributed by atoms with van der Waals surface area (Å²) in [5, 5.41) is 12.1. The predicted molar refractivity (Wildman–Crippen MR) is 85.0 cm³/mol. The van der Waals surface area contributed by atoms with Gasteiger partial charge < -0.3 is 10.4 Å². The minimum Gasteiger partial charge on any atom is -0.387 e. The van der Waals surface area contributed by atoms with Gasteiger partial charge in [-0.05, 0) is 30.5 Å². The standard InChI is InChI=1S/C16H22FNO4S/c17-13-7-5-12(6-8-13)15(19)11-18-16(20)9-10-23(21,22)14-3-1-2-4-14/h5-8,14-15,19H,1-4,9-11H2,(H,18,20). The van der Waals surface area contributed by atoms with E-state index in [1.165, 1.54) is 24.3 Å². The molecule has 0 saturated heterocycles. The van der Waals surface area contributed by atoms with Gasteiger partial charge in [0.25, 0.3) is 0 Å². The molecule has 0 bridgehead atoms. The Hall–Kier alpha value is -1.47. The van der Waals surface area contributed by atoms with Gasteiger partial charge in [-0.3, -0.25) is 4.79 Å². The van der Waals surface area contributed by atoms with E-state index in [-0.39, 0.29) is 24.0 Å². The van der Waals surface area contributed by atoms with Crippen LogP contribution in [-0.4, -0.2) is 37.0 Å². The van der Waals surface area contributed by atoms with E-state index in [2.05, 4.69) is 5.32 Å². The van der Waals surface area contributed by atoms with Crippen molar-refractivity contribution >= 4 is 15.7 Å². The molecule has 1 atom stereocenters. The topological polar surface area (TPSA) is 83.5 Å². The lowest BCUT2D eigenvalue weighted by atomic mass is 10.1. The first-order valence-corrected chi connectivity index (χ1v) is 9.52. The summed E-state index contributed by atoms with van der Waals surface area (Å²) in [6.07, 6.45) is 2.18. The molecule has 1 aromatic rings. The van der Waals surface area contributed by atoms with E-state index < -0.39 is 27.7 Å². The molecule has 23 heavy (non-hydrogen) atoms. The van der Waals surface area contributed by atoms with Crippen LogP contribution in [0.5, 0.6) is 0 Å². The maximum Gasteiger partial charge on any atom is 0.221 e. The van der Waals surface area contributed by atoms with Crippen LogP contribution in [0.1, 0.15) is 43.8 Å². The van der Waals surface area contributed by atoms with Crippen molar-refractivity contribution < 1.29 is 22.7 Å². The van der Waals surface area contributed by atoms with Gasteiger partial charge in [0.05, 0.1) is 17.1 Å². The maximum absolute atomic E-state index is 12.8. The van der Waals surface area contributed by atoms with E-state index in [0.717, 1.165) is 12.8 Å². The van der Waals surface area contributed by atoms with Crippen molar-refractivity contribution in [3.8, 4) is 0 Å². The molecule has 0 aliphatic heterocycles. The highest BCUT2D eigenvalue weighted by Gasteiger charge is 2.28. The maximum atomic E-state index is 12.8. The van der Waals surface area contributed by atoms with Gasteiger partial charge in [-0.2, -0.15) is 0 Å². The van der Waals surface area contributed by atoms with Crippen molar-refractivity contribution in [1.29, 1.82) is 0 Å². The monoisotopic (exact) mass is 343 g/mol. The highest BCUT2D eigenvalue weighted by atomic mass is 32.2. The summed E-state index contributed by atoms with van der Waals surface area (Å²) in [6, 6.07) is 5.34. The van der Waals surface area contributed by atoms with Crippen LogP contribution in [0.2, 0.25) is 0 Å². The molecule has 0 radical (unpaired) electrons. The molecule has 1 aromatic carbocycles. The molecule has 1 saturated carbocycles. The molecule has 2 N–H and O–H groups in total. The van der Waals surface area contributed by atoms with Crippen molar-refractivity contribution in [1.82, 2.24) is 5.32 Å². The van der Waals surface area contributed by atoms with Crippen LogP contribution in [0.25, 0.3) is 0 Å². The van der Waals surface area contributed by atoms with Gasteiger partial charge in [0.1, 0.15) is 5.82 Å². The van der Waals surface area contributed by atoms with E-state index in [1.807, 2.05) is 0 Å². The average molecular weight is 343 g/mol. The summed E-state index contributed by atoms with van der Waals surface area (Å²) in [6.45, 7) is -0.0338. The lowest BCUT2D eigenvalue weighted by molar-refractivity contribution is -0.121. The largest absolute Gasteiger partial charge is 0.387 e. The summed E-state index contributed by atoms with van der Waals surface area (Å²) in [4.78, 5) is 11.7. The Balaban J connectivity index is 1.75. The molecule has 0 aromatic heterocycles. The van der Waals surface area contributed by atoms with Crippen molar-refractivity contribution in [2.24, 2.45) is 0 Å². The summed E-state index contributed by atoms with van der Waals surface area (Å²) in [5.41, 5.74) is 0.491. The number of aliphatic hydroxyl groups excluding tert-OH is 1. The Bertz CT molecular complexity index is 624. The number of rotatable bonds is 7. The number of carbonyl (C=O) groups is 1. The molecule has 1 aliphatic carbocycles. The van der Waals surface area contributed by atoms with Crippen LogP contribution in [0.3, 0.4) is 0 Å². The molecule has 1 unspecified atom stereocenters. The number of halogens is 1. The first-order valence-electron chi connectivity index (χ1n) is 7.80. The third kappa shape index (κ3) is 5.28. The first-order chi connectivity index (χ1) is 10.9. The smallest absolute Gasteiger partial charge is 0.221 e. The molecule has 1 fully saturated rings. The van der Waals surface area contributed by atoms with Gasteiger partial charge >= 0.3 is 0 Å². The van der Waals surface area contributed by atoms with Gasteiger partial charge in [-0.25, -0.2) is 12.8 Å². The zero-order valence-corrected chi connectivity index (χ0v) is 13.7. The van der Waals surface area contributed by atoms with Crippen LogP contribution in [0, 0.1) is 5.82 Å². The fourth-order valence-corrected chi connectivity index (χ4v) is 4.61. The summed E-state index contributed by atoms with van der Waals surface area (Å²) >= 11 is 0. The summed E-state index contributed by atoms with van der Waals surface area (Å²) < 4.78 is 36.9. The first kappa shape index (κ1) is 17.9. The number of nitrogens with one attached hydrogen (secondary N) is 1. The molecule has 128 valence electrons. The van der Waals surface area contributed by atoms with Crippen LogP contribution in [-0.2, 0) is 14.6 Å². The quantitative estimate of drug-likeness (QED) is 0.790. The van der Waals surface area contributed by atoms with Crippen LogP contribution < -0.4 is 5.32 Å². The molecule has 1 aliphatic rings. The van der Waals surface area contributed by atoms with E-state index in [4.69, 9.17) is 0 Å². The Kier molecular flexibility index (Phi) is 6.12. The third-order valence-electron chi connectivity index (χ3n) is 4.17. The number of carbonyl (C=O) groups excluding carboxylic acids is 1. The molecule has 1 amide bonds. The fraction of sp³-hybridized carbons (Fsp3) is 0.562. The van der Waals surface area contributed by atoms with Gasteiger partial charge in [0.15, 0.2) is 9.84 Å². The molecule has 7 heteroatoms. The minimum atomic E-state index is -3.22. The zero-order valence-electron chi connectivity index (χ0n) is 12.9. The van der Waals surface area contributed by atoms with Crippen LogP contribution >= 0.6 is 0 Å². The highest BCUT2D eigenvalue weighted by molar-refractivity contribution is 7.92. The van der Waals surface area contributed by atoms with Gasteiger partial charge in [0, 0.05) is 13.0 Å². The number of amides is 1. The Morgan fingerprint density at radius 1 is 1.26 bits per heavy atom. The van der Waals surface area contributed by atoms with Crippen molar-refractivity contribution in [3.63, 3.8) is 0 Å². The lowest BCUT2D eigenvalue weighted by Gasteiger charge is -2.13. The second kappa shape index (κ2) is 7.88. The predicted octanol–water partition coefficient (Wildman–Crippen LogP) is 1.72. The SMILES string of the molecule is O=C(CCS(=O)(=O)C1CCCC1)NCC(O)c1ccc(F)cc1. The highest BCUT2D eigenvalue weighted by Crippen LogP contribution is 2.25. The van der Waals surface area contributed by atoms with Crippen molar-refractivity contribution in [2.45, 2.75) is 43.5 Å². The number of hydrogen-bond donors (Lipinski definition) is 2. The van der Waals surface area contributed by atoms with Gasteiger partial charge in [-0.15, -0.1) is 0 Å². The third-order valence-corrected chi connectivity index (χ3v) is 6.43. The Morgan fingerprint density at radius 3 is 2.48 bits per heavy atom. The lowest BCUT2D eigenvalue weighted by Crippen LogP contribution is -2.31. The minimum absolute atomic E-state index is 0.0338. The van der Waals surface area contributed by atoms with Crippen LogP contribution in [0.4, 0.5) is 4.39 Å². The number of aliphatic hydroxyl groups is 1. The van der Waals surface area contributed by atoms with Crippen molar-refractivity contribution in [2.75, 3.05) is 12.3 Å². The summed E-state index contributed by atoms with van der Waals surface area (Å²) in [5.74, 6) is -0.967. The van der Waals surface area contributed by atoms with Gasteiger partial charge in [0.2, 0.25) is 5.91 Å². The molecular weight excluding hydrogens is 321 g/mol. The number of benzene rings is 1. The van der Waals surface area contributed by atoms with E-state index in [0.29, 0.717) is 18.4 Å². The van der Waals surface area contributed by atoms with E-state index in [9.17, 15) is 22.7 Å². The average Bonchev–Trinajstić information content (AvgIpc) is 3.06. The molecule has 5 nitrogen and oxygen atoms in total. The van der Waals surface area contributed by atoms with Gasteiger partial charge in [-0.1, -0.05) is 25.0 Å². The fourth-order valence-electron chi connectivity index (χ4n) is 2.75. The Labute approximate surface area is 135 Å². The summed E-state index contributed by atoms with van der Waals surface area (Å²) in [7, 11) is -3.22. The van der Waals surface area contributed by atoms with Crippen molar-refractivity contribution in [3.05, 3.63) is 35.6 Å². The molecule has 2 rings (SSSR count). The Morgan fingerprint density at radius 2 is 1.87 bits per heavy atom. The molecule has 0 heterocycles. The molecule has 0 spiro atoms. The zero-order chi connectivity index (χ0) is 16.9. The van der Waals surface area contributed by atoms with E-state index in [1.54, 1.807) is 0 Å². The second-order valence-electron chi connectivity index (χ2n) is 5.89. The number of sulfone groups is 1. The second-order valence-corrected chi connectivity index (χ2v) is 8.30. The normalized spacial score (nSPS) is 17.1. The van der Waals surface area contributed by atoms with E-state index >= 15 is 0 Å². The van der Waals surface area contributed by atoms with Crippen LogP contribution in [0.15, 0.2) is 24.3 Å². The number of hydrogen-bond acceptors (Lipinski definition) is 4.